The highest BCUT2D eigenvalue weighted by Crippen LogP contribution is 2.15. The van der Waals surface area contributed by atoms with Crippen LogP contribution in [-0.4, -0.2) is 21.9 Å². The van der Waals surface area contributed by atoms with Crippen molar-refractivity contribution >= 4 is 0 Å². The van der Waals surface area contributed by atoms with Gasteiger partial charge >= 0.3 is 0 Å². The van der Waals surface area contributed by atoms with Crippen LogP contribution < -0.4 is 0 Å². The SMILES string of the molecule is C=CC(=C)CC[C@H](O)C(C)(C)O. The number of hydrogen-bond donors (Lipinski definition) is 2. The predicted octanol–water partition coefficient (Wildman–Crippen LogP) is 1.64. The van der Waals surface area contributed by atoms with E-state index in [1.54, 1.807) is 19.9 Å². The summed E-state index contributed by atoms with van der Waals surface area (Å²) in [5.41, 5.74) is -0.139. The van der Waals surface area contributed by atoms with Crippen LogP contribution >= 0.6 is 0 Å². The van der Waals surface area contributed by atoms with E-state index in [-0.39, 0.29) is 0 Å². The molecular formula is C10H18O2. The quantitative estimate of drug-likeness (QED) is 0.616. The number of hydrogen-bond acceptors (Lipinski definition) is 2. The molecule has 0 unspecified atom stereocenters. The van der Waals surface area contributed by atoms with Crippen LogP contribution in [0.2, 0.25) is 0 Å². The van der Waals surface area contributed by atoms with Crippen molar-refractivity contribution in [3.63, 3.8) is 0 Å². The van der Waals surface area contributed by atoms with Gasteiger partial charge in [-0.3, -0.25) is 0 Å². The Morgan fingerprint density at radius 2 is 2.08 bits per heavy atom. The molecule has 0 amide bonds. The predicted molar refractivity (Wildman–Crippen MR) is 50.9 cm³/mol. The van der Waals surface area contributed by atoms with Crippen molar-refractivity contribution < 1.29 is 10.2 Å². The first kappa shape index (κ1) is 11.4. The zero-order valence-electron chi connectivity index (χ0n) is 7.88. The van der Waals surface area contributed by atoms with Gasteiger partial charge in [-0.05, 0) is 26.7 Å². The number of rotatable bonds is 5. The molecule has 0 aromatic heterocycles. The third-order valence-electron chi connectivity index (χ3n) is 1.84. The van der Waals surface area contributed by atoms with Crippen LogP contribution in [0.3, 0.4) is 0 Å². The maximum absolute atomic E-state index is 9.40. The van der Waals surface area contributed by atoms with Crippen LogP contribution in [-0.2, 0) is 0 Å². The zero-order chi connectivity index (χ0) is 9.78. The Balaban J connectivity index is 3.79. The smallest absolute Gasteiger partial charge is 0.0849 e. The molecule has 0 saturated heterocycles. The van der Waals surface area contributed by atoms with Gasteiger partial charge in [0.2, 0.25) is 0 Å². The van der Waals surface area contributed by atoms with E-state index in [1.807, 2.05) is 0 Å². The molecule has 2 N–H and O–H groups in total. The summed E-state index contributed by atoms with van der Waals surface area (Å²) in [6.45, 7) is 10.5. The van der Waals surface area contributed by atoms with Crippen LogP contribution in [0.15, 0.2) is 24.8 Å². The summed E-state index contributed by atoms with van der Waals surface area (Å²) in [5.74, 6) is 0. The summed E-state index contributed by atoms with van der Waals surface area (Å²) in [5, 5.41) is 18.8. The molecule has 0 saturated carbocycles. The lowest BCUT2D eigenvalue weighted by atomic mass is 9.96. The second-order valence-electron chi connectivity index (χ2n) is 3.57. The van der Waals surface area contributed by atoms with Gasteiger partial charge < -0.3 is 10.2 Å². The van der Waals surface area contributed by atoms with Crippen LogP contribution in [0.1, 0.15) is 26.7 Å². The van der Waals surface area contributed by atoms with Gasteiger partial charge in [0, 0.05) is 0 Å². The van der Waals surface area contributed by atoms with E-state index in [9.17, 15) is 10.2 Å². The molecule has 2 nitrogen and oxygen atoms in total. The highest BCUT2D eigenvalue weighted by atomic mass is 16.3. The van der Waals surface area contributed by atoms with Crippen molar-refractivity contribution in [2.45, 2.75) is 38.4 Å². The molecule has 0 fully saturated rings. The van der Waals surface area contributed by atoms with Crippen molar-refractivity contribution in [3.05, 3.63) is 24.8 Å². The summed E-state index contributed by atoms with van der Waals surface area (Å²) in [6, 6.07) is 0. The lowest BCUT2D eigenvalue weighted by molar-refractivity contribution is -0.0508. The van der Waals surface area contributed by atoms with E-state index in [2.05, 4.69) is 13.2 Å². The molecule has 12 heavy (non-hydrogen) atoms. The summed E-state index contributed by atoms with van der Waals surface area (Å²) >= 11 is 0. The lowest BCUT2D eigenvalue weighted by Gasteiger charge is -2.24. The molecule has 0 rings (SSSR count). The van der Waals surface area contributed by atoms with Gasteiger partial charge in [-0.2, -0.15) is 0 Å². The highest BCUT2D eigenvalue weighted by Gasteiger charge is 2.23. The van der Waals surface area contributed by atoms with Gasteiger partial charge in [-0.1, -0.05) is 24.8 Å². The standard InChI is InChI=1S/C10H18O2/c1-5-8(2)6-7-9(11)10(3,4)12/h5,9,11-12H,1-2,6-7H2,3-4H3/t9-/m0/s1. The molecule has 0 spiro atoms. The molecule has 0 aromatic carbocycles. The topological polar surface area (TPSA) is 40.5 Å². The second kappa shape index (κ2) is 4.43. The van der Waals surface area contributed by atoms with Gasteiger partial charge in [0.25, 0.3) is 0 Å². The number of aliphatic hydroxyl groups is 2. The molecule has 0 aromatic rings. The molecule has 0 heterocycles. The largest absolute Gasteiger partial charge is 0.390 e. The van der Waals surface area contributed by atoms with E-state index in [4.69, 9.17) is 0 Å². The molecule has 0 aliphatic heterocycles. The first-order valence-corrected chi connectivity index (χ1v) is 4.08. The average Bonchev–Trinajstić information content (AvgIpc) is 1.97. The van der Waals surface area contributed by atoms with E-state index < -0.39 is 11.7 Å². The minimum absolute atomic E-state index is 0.522. The molecule has 0 aliphatic rings. The third-order valence-corrected chi connectivity index (χ3v) is 1.84. The van der Waals surface area contributed by atoms with Crippen molar-refractivity contribution in [2.24, 2.45) is 0 Å². The normalized spacial score (nSPS) is 14.0. The molecule has 70 valence electrons. The number of aliphatic hydroxyl groups excluding tert-OH is 1. The van der Waals surface area contributed by atoms with Crippen molar-refractivity contribution in [3.8, 4) is 0 Å². The van der Waals surface area contributed by atoms with Crippen LogP contribution in [0.25, 0.3) is 0 Å². The van der Waals surface area contributed by atoms with Crippen molar-refractivity contribution in [1.29, 1.82) is 0 Å². The first-order valence-electron chi connectivity index (χ1n) is 4.08. The summed E-state index contributed by atoms with van der Waals surface area (Å²) < 4.78 is 0. The summed E-state index contributed by atoms with van der Waals surface area (Å²) in [4.78, 5) is 0. The van der Waals surface area contributed by atoms with E-state index >= 15 is 0 Å². The Labute approximate surface area is 74.2 Å². The van der Waals surface area contributed by atoms with Crippen LogP contribution in [0.4, 0.5) is 0 Å². The van der Waals surface area contributed by atoms with Crippen molar-refractivity contribution in [1.82, 2.24) is 0 Å². The average molecular weight is 170 g/mol. The fourth-order valence-electron chi connectivity index (χ4n) is 0.777. The molecule has 0 aliphatic carbocycles. The minimum Gasteiger partial charge on any atom is -0.390 e. The molecule has 2 heteroatoms. The Kier molecular flexibility index (Phi) is 4.21. The number of allylic oxidation sites excluding steroid dienone is 2. The molecule has 0 radical (unpaired) electrons. The van der Waals surface area contributed by atoms with Gasteiger partial charge in [0.1, 0.15) is 0 Å². The Morgan fingerprint density at radius 3 is 2.42 bits per heavy atom. The fourth-order valence-corrected chi connectivity index (χ4v) is 0.777. The van der Waals surface area contributed by atoms with Gasteiger partial charge in [0.15, 0.2) is 0 Å². The summed E-state index contributed by atoms with van der Waals surface area (Å²) in [6.07, 6.45) is 2.16. The highest BCUT2D eigenvalue weighted by molar-refractivity contribution is 5.10. The maximum Gasteiger partial charge on any atom is 0.0849 e. The van der Waals surface area contributed by atoms with E-state index in [0.29, 0.717) is 12.8 Å². The van der Waals surface area contributed by atoms with Crippen LogP contribution in [0, 0.1) is 0 Å². The van der Waals surface area contributed by atoms with Crippen LogP contribution in [0.5, 0.6) is 0 Å². The maximum atomic E-state index is 9.40. The van der Waals surface area contributed by atoms with Gasteiger partial charge in [0.05, 0.1) is 11.7 Å². The zero-order valence-corrected chi connectivity index (χ0v) is 7.88. The minimum atomic E-state index is -1.03. The van der Waals surface area contributed by atoms with Crippen molar-refractivity contribution in [2.75, 3.05) is 0 Å². The van der Waals surface area contributed by atoms with E-state index in [1.165, 1.54) is 0 Å². The van der Waals surface area contributed by atoms with Gasteiger partial charge in [-0.25, -0.2) is 0 Å². The van der Waals surface area contributed by atoms with Gasteiger partial charge in [-0.15, -0.1) is 0 Å². The Bertz CT molecular complexity index is 165. The van der Waals surface area contributed by atoms with E-state index in [0.717, 1.165) is 5.57 Å². The summed E-state index contributed by atoms with van der Waals surface area (Å²) in [7, 11) is 0. The molecule has 1 atom stereocenters. The molecular weight excluding hydrogens is 152 g/mol. The second-order valence-corrected chi connectivity index (χ2v) is 3.57. The third kappa shape index (κ3) is 4.31. The Hall–Kier alpha value is -0.600. The monoisotopic (exact) mass is 170 g/mol. The molecule has 0 bridgehead atoms. The fraction of sp³-hybridized carbons (Fsp3) is 0.600. The first-order chi connectivity index (χ1) is 5.38. The lowest BCUT2D eigenvalue weighted by Crippen LogP contribution is -2.35. The Morgan fingerprint density at radius 1 is 1.58 bits per heavy atom.